The summed E-state index contributed by atoms with van der Waals surface area (Å²) in [7, 11) is 0. The highest BCUT2D eigenvalue weighted by Gasteiger charge is 2.23. The molecule has 4 heteroatoms. The highest BCUT2D eigenvalue weighted by Crippen LogP contribution is 2.19. The molecule has 0 radical (unpaired) electrons. The van der Waals surface area contributed by atoms with Gasteiger partial charge in [-0.1, -0.05) is 139 Å². The second kappa shape index (κ2) is 17.9. The molecule has 0 atom stereocenters. The molecule has 0 bridgehead atoms. The Morgan fingerprint density at radius 3 is 1.12 bits per heavy atom. The highest BCUT2D eigenvalue weighted by atomic mass is 15.1. The summed E-state index contributed by atoms with van der Waals surface area (Å²) < 4.78 is 0. The van der Waals surface area contributed by atoms with E-state index in [2.05, 4.69) is 98.0 Å². The van der Waals surface area contributed by atoms with Crippen molar-refractivity contribution >= 4 is 13.7 Å². The minimum atomic E-state index is 0.712. The SMILES string of the molecule is CCCB(CCC)N(CCCCN(Cc1ccccc1)B(CCC)CCC)Cc1ccccc1. The average molecular weight is 460 g/mol. The molecule has 2 nitrogen and oxygen atoms in total. The predicted octanol–water partition coefficient (Wildman–Crippen LogP) is 8.39. The molecule has 186 valence electrons. The van der Waals surface area contributed by atoms with Crippen molar-refractivity contribution < 1.29 is 0 Å². The van der Waals surface area contributed by atoms with Crippen LogP contribution in [0.25, 0.3) is 0 Å². The largest absolute Gasteiger partial charge is 0.338 e. The van der Waals surface area contributed by atoms with E-state index >= 15 is 0 Å². The van der Waals surface area contributed by atoms with Crippen molar-refractivity contribution in [2.24, 2.45) is 0 Å². The van der Waals surface area contributed by atoms with Crippen LogP contribution in [0.1, 0.15) is 77.3 Å². The summed E-state index contributed by atoms with van der Waals surface area (Å²) in [4.78, 5) is 5.58. The van der Waals surface area contributed by atoms with Gasteiger partial charge in [0.15, 0.2) is 0 Å². The van der Waals surface area contributed by atoms with E-state index in [0.717, 1.165) is 13.1 Å². The smallest absolute Gasteiger partial charge is 0.223 e. The van der Waals surface area contributed by atoms with Gasteiger partial charge in [0.2, 0.25) is 13.7 Å². The maximum Gasteiger partial charge on any atom is 0.223 e. The van der Waals surface area contributed by atoms with E-state index < -0.39 is 0 Å². The van der Waals surface area contributed by atoms with Gasteiger partial charge in [0.1, 0.15) is 0 Å². The predicted molar refractivity (Wildman–Crippen MR) is 155 cm³/mol. The summed E-state index contributed by atoms with van der Waals surface area (Å²) in [5.74, 6) is 0. The monoisotopic (exact) mass is 460 g/mol. The van der Waals surface area contributed by atoms with E-state index in [0.29, 0.717) is 13.7 Å². The van der Waals surface area contributed by atoms with E-state index in [-0.39, 0.29) is 0 Å². The fourth-order valence-corrected chi connectivity index (χ4v) is 5.40. The van der Waals surface area contributed by atoms with E-state index in [1.54, 1.807) is 0 Å². The van der Waals surface area contributed by atoms with Crippen LogP contribution in [0.15, 0.2) is 60.7 Å². The van der Waals surface area contributed by atoms with Gasteiger partial charge in [-0.15, -0.1) is 0 Å². The maximum atomic E-state index is 2.79. The quantitative estimate of drug-likeness (QED) is 0.153. The van der Waals surface area contributed by atoms with Crippen LogP contribution in [0, 0.1) is 0 Å². The molecule has 0 aliphatic rings. The first-order chi connectivity index (χ1) is 16.7. The Hall–Kier alpha value is -1.51. The molecule has 34 heavy (non-hydrogen) atoms. The van der Waals surface area contributed by atoms with Crippen molar-refractivity contribution in [3.05, 3.63) is 71.8 Å². The van der Waals surface area contributed by atoms with Crippen molar-refractivity contribution in [2.45, 2.75) is 105 Å². The van der Waals surface area contributed by atoms with Crippen molar-refractivity contribution in [3.8, 4) is 0 Å². The van der Waals surface area contributed by atoms with E-state index in [9.17, 15) is 0 Å². The van der Waals surface area contributed by atoms with Crippen molar-refractivity contribution in [1.29, 1.82) is 0 Å². The summed E-state index contributed by atoms with van der Waals surface area (Å²) in [6.07, 6.45) is 12.9. The van der Waals surface area contributed by atoms with Crippen molar-refractivity contribution in [1.82, 2.24) is 9.62 Å². The molecule has 0 N–H and O–H groups in total. The van der Waals surface area contributed by atoms with E-state index in [1.165, 1.54) is 88.0 Å². The minimum absolute atomic E-state index is 0.712. The van der Waals surface area contributed by atoms with Crippen LogP contribution in [0.4, 0.5) is 0 Å². The Balaban J connectivity index is 2.01. The fraction of sp³-hybridized carbons (Fsp3) is 0.600. The van der Waals surface area contributed by atoms with Crippen LogP contribution in [0.5, 0.6) is 0 Å². The topological polar surface area (TPSA) is 6.48 Å². The lowest BCUT2D eigenvalue weighted by atomic mass is 9.52. The normalized spacial score (nSPS) is 11.4. The highest BCUT2D eigenvalue weighted by molar-refractivity contribution is 6.56. The van der Waals surface area contributed by atoms with Crippen LogP contribution in [-0.4, -0.2) is 36.4 Å². The third-order valence-electron chi connectivity index (χ3n) is 7.12. The Morgan fingerprint density at radius 2 is 0.824 bits per heavy atom. The Bertz CT molecular complexity index is 650. The zero-order valence-corrected chi connectivity index (χ0v) is 22.7. The molecule has 0 unspecified atom stereocenters. The molecule has 2 rings (SSSR count). The third kappa shape index (κ3) is 10.8. The first kappa shape index (κ1) is 28.7. The van der Waals surface area contributed by atoms with Crippen LogP contribution in [0.2, 0.25) is 25.3 Å². The Morgan fingerprint density at radius 1 is 0.500 bits per heavy atom. The van der Waals surface area contributed by atoms with Crippen LogP contribution in [0.3, 0.4) is 0 Å². The molecule has 0 fully saturated rings. The average Bonchev–Trinajstić information content (AvgIpc) is 2.86. The molecule has 0 aliphatic carbocycles. The van der Waals surface area contributed by atoms with Gasteiger partial charge in [-0.2, -0.15) is 0 Å². The lowest BCUT2D eigenvalue weighted by molar-refractivity contribution is 0.367. The maximum absolute atomic E-state index is 2.79. The molecule has 2 aromatic rings. The lowest BCUT2D eigenvalue weighted by Gasteiger charge is -2.32. The van der Waals surface area contributed by atoms with Gasteiger partial charge in [0.25, 0.3) is 0 Å². The van der Waals surface area contributed by atoms with Gasteiger partial charge in [0.05, 0.1) is 0 Å². The second-order valence-corrected chi connectivity index (χ2v) is 10.1. The summed E-state index contributed by atoms with van der Waals surface area (Å²) >= 11 is 0. The second-order valence-electron chi connectivity index (χ2n) is 10.1. The molecule has 0 heterocycles. The van der Waals surface area contributed by atoms with Gasteiger partial charge in [-0.3, -0.25) is 0 Å². The van der Waals surface area contributed by atoms with Crippen LogP contribution in [-0.2, 0) is 13.1 Å². The molecule has 0 aliphatic heterocycles. The number of hydrogen-bond acceptors (Lipinski definition) is 2. The number of rotatable bonds is 19. The third-order valence-corrected chi connectivity index (χ3v) is 7.12. The molecule has 0 aromatic heterocycles. The zero-order chi connectivity index (χ0) is 24.4. The van der Waals surface area contributed by atoms with Gasteiger partial charge < -0.3 is 9.62 Å². The van der Waals surface area contributed by atoms with Crippen LogP contribution >= 0.6 is 0 Å². The minimum Gasteiger partial charge on any atom is -0.338 e. The van der Waals surface area contributed by atoms with Crippen molar-refractivity contribution in [2.75, 3.05) is 13.1 Å². The first-order valence-electron chi connectivity index (χ1n) is 14.3. The van der Waals surface area contributed by atoms with Gasteiger partial charge in [0, 0.05) is 13.1 Å². The number of unbranched alkanes of at least 4 members (excludes halogenated alkanes) is 1. The molecular formula is C30H50B2N2. The van der Waals surface area contributed by atoms with E-state index in [4.69, 9.17) is 0 Å². The Kier molecular flexibility index (Phi) is 15.1. The lowest BCUT2D eigenvalue weighted by Crippen LogP contribution is -2.41. The van der Waals surface area contributed by atoms with Crippen molar-refractivity contribution in [3.63, 3.8) is 0 Å². The summed E-state index contributed by atoms with van der Waals surface area (Å²) in [5.41, 5.74) is 2.91. The Labute approximate surface area is 212 Å². The summed E-state index contributed by atoms with van der Waals surface area (Å²) in [5, 5.41) is 0. The molecular weight excluding hydrogens is 410 g/mol. The van der Waals surface area contributed by atoms with Gasteiger partial charge >= 0.3 is 0 Å². The fourth-order valence-electron chi connectivity index (χ4n) is 5.40. The summed E-state index contributed by atoms with van der Waals surface area (Å²) in [6.45, 7) is 15.4. The molecule has 2 aromatic carbocycles. The number of nitrogens with zero attached hydrogens (tertiary/aromatic N) is 2. The first-order valence-corrected chi connectivity index (χ1v) is 14.3. The molecule has 0 amide bonds. The molecule has 0 saturated carbocycles. The number of benzene rings is 2. The zero-order valence-electron chi connectivity index (χ0n) is 22.7. The standard InChI is InChI=1S/C30H50B2N2/c1-5-21-31(22-6-2)33(27-29-17-11-9-12-18-29)25-15-16-26-34(32(23-7-3)24-8-4)28-30-19-13-10-14-20-30/h9-14,17-20H,5-8,15-16,21-28H2,1-4H3. The number of hydrogen-bond donors (Lipinski definition) is 0. The molecule has 0 spiro atoms. The summed E-state index contributed by atoms with van der Waals surface area (Å²) in [6, 6.07) is 22.2. The molecule has 0 saturated heterocycles. The van der Waals surface area contributed by atoms with Gasteiger partial charge in [-0.25, -0.2) is 0 Å². The van der Waals surface area contributed by atoms with Gasteiger partial charge in [-0.05, 0) is 37.1 Å². The van der Waals surface area contributed by atoms with E-state index in [1.807, 2.05) is 0 Å². The van der Waals surface area contributed by atoms with Crippen LogP contribution < -0.4 is 0 Å².